The maximum absolute atomic E-state index is 11.7. The smallest absolute Gasteiger partial charge is 0.234 e. The van der Waals surface area contributed by atoms with Crippen molar-refractivity contribution in [3.63, 3.8) is 0 Å². The van der Waals surface area contributed by atoms with Gasteiger partial charge in [-0.3, -0.25) is 4.79 Å². The van der Waals surface area contributed by atoms with Gasteiger partial charge >= 0.3 is 0 Å². The molecular weight excluding hydrogens is 212 g/mol. The van der Waals surface area contributed by atoms with Crippen LogP contribution in [-0.4, -0.2) is 25.0 Å². The van der Waals surface area contributed by atoms with E-state index in [9.17, 15) is 4.79 Å². The second-order valence-electron chi connectivity index (χ2n) is 5.14. The first-order chi connectivity index (χ1) is 8.33. The molecule has 100 valence electrons. The molecule has 1 aliphatic carbocycles. The SMILES string of the molecule is CCCCCNCC(=O)NC1CCCCCC1. The summed E-state index contributed by atoms with van der Waals surface area (Å²) in [6.07, 6.45) is 11.2. The van der Waals surface area contributed by atoms with Gasteiger partial charge in [-0.2, -0.15) is 0 Å². The van der Waals surface area contributed by atoms with Crippen molar-refractivity contribution in [1.82, 2.24) is 10.6 Å². The molecule has 1 rings (SSSR count). The maximum Gasteiger partial charge on any atom is 0.234 e. The van der Waals surface area contributed by atoms with Crippen LogP contribution in [0.4, 0.5) is 0 Å². The van der Waals surface area contributed by atoms with E-state index in [0.29, 0.717) is 12.6 Å². The minimum Gasteiger partial charge on any atom is -0.352 e. The Bertz CT molecular complexity index is 198. The zero-order chi connectivity index (χ0) is 12.3. The Balaban J connectivity index is 2.03. The molecule has 2 N–H and O–H groups in total. The van der Waals surface area contributed by atoms with Gasteiger partial charge in [-0.15, -0.1) is 0 Å². The summed E-state index contributed by atoms with van der Waals surface area (Å²) < 4.78 is 0. The summed E-state index contributed by atoms with van der Waals surface area (Å²) in [4.78, 5) is 11.7. The molecule has 0 atom stereocenters. The number of hydrogen-bond donors (Lipinski definition) is 2. The molecule has 1 fully saturated rings. The van der Waals surface area contributed by atoms with Crippen molar-refractivity contribution in [2.75, 3.05) is 13.1 Å². The van der Waals surface area contributed by atoms with Crippen LogP contribution in [0.15, 0.2) is 0 Å². The summed E-state index contributed by atoms with van der Waals surface area (Å²) >= 11 is 0. The van der Waals surface area contributed by atoms with Gasteiger partial charge < -0.3 is 10.6 Å². The number of rotatable bonds is 7. The second kappa shape index (κ2) is 9.46. The van der Waals surface area contributed by atoms with Crippen LogP contribution in [0.3, 0.4) is 0 Å². The van der Waals surface area contributed by atoms with Crippen LogP contribution in [0, 0.1) is 0 Å². The molecule has 0 aromatic heterocycles. The molecule has 0 aliphatic heterocycles. The van der Waals surface area contributed by atoms with E-state index < -0.39 is 0 Å². The molecule has 3 nitrogen and oxygen atoms in total. The van der Waals surface area contributed by atoms with Crippen LogP contribution >= 0.6 is 0 Å². The predicted molar refractivity (Wildman–Crippen MR) is 72.0 cm³/mol. The fourth-order valence-corrected chi connectivity index (χ4v) is 2.40. The van der Waals surface area contributed by atoms with Crippen LogP contribution in [0.1, 0.15) is 64.7 Å². The van der Waals surface area contributed by atoms with E-state index in [1.807, 2.05) is 0 Å². The van der Waals surface area contributed by atoms with Crippen LogP contribution in [-0.2, 0) is 4.79 Å². The van der Waals surface area contributed by atoms with Crippen molar-refractivity contribution in [2.24, 2.45) is 0 Å². The molecule has 1 amide bonds. The lowest BCUT2D eigenvalue weighted by atomic mass is 10.1. The topological polar surface area (TPSA) is 41.1 Å². The molecule has 0 saturated heterocycles. The summed E-state index contributed by atoms with van der Waals surface area (Å²) in [6.45, 7) is 3.64. The fraction of sp³-hybridized carbons (Fsp3) is 0.929. The van der Waals surface area contributed by atoms with Crippen LogP contribution < -0.4 is 10.6 Å². The summed E-state index contributed by atoms with van der Waals surface area (Å²) in [7, 11) is 0. The van der Waals surface area contributed by atoms with Crippen LogP contribution in [0.5, 0.6) is 0 Å². The van der Waals surface area contributed by atoms with Crippen LogP contribution in [0.25, 0.3) is 0 Å². The summed E-state index contributed by atoms with van der Waals surface area (Å²) in [5.41, 5.74) is 0. The summed E-state index contributed by atoms with van der Waals surface area (Å²) in [5, 5.41) is 6.36. The largest absolute Gasteiger partial charge is 0.352 e. The number of nitrogens with one attached hydrogen (secondary N) is 2. The average Bonchev–Trinajstić information content (AvgIpc) is 2.57. The molecule has 0 unspecified atom stereocenters. The molecular formula is C14H28N2O. The van der Waals surface area contributed by atoms with Gasteiger partial charge in [0.15, 0.2) is 0 Å². The first-order valence-electron chi connectivity index (χ1n) is 7.33. The Morgan fingerprint density at radius 3 is 2.47 bits per heavy atom. The number of carbonyl (C=O) groups excluding carboxylic acids is 1. The van der Waals surface area contributed by atoms with Crippen molar-refractivity contribution in [3.05, 3.63) is 0 Å². The van der Waals surface area contributed by atoms with Crippen molar-refractivity contribution < 1.29 is 4.79 Å². The van der Waals surface area contributed by atoms with E-state index in [0.717, 1.165) is 6.54 Å². The average molecular weight is 240 g/mol. The minimum atomic E-state index is 0.174. The van der Waals surface area contributed by atoms with Crippen molar-refractivity contribution in [2.45, 2.75) is 70.8 Å². The highest BCUT2D eigenvalue weighted by Crippen LogP contribution is 2.16. The van der Waals surface area contributed by atoms with E-state index >= 15 is 0 Å². The lowest BCUT2D eigenvalue weighted by molar-refractivity contribution is -0.121. The van der Waals surface area contributed by atoms with Gasteiger partial charge in [-0.05, 0) is 25.8 Å². The highest BCUT2D eigenvalue weighted by atomic mass is 16.1. The highest BCUT2D eigenvalue weighted by Gasteiger charge is 2.13. The van der Waals surface area contributed by atoms with Gasteiger partial charge in [0.2, 0.25) is 5.91 Å². The van der Waals surface area contributed by atoms with Gasteiger partial charge in [0.25, 0.3) is 0 Å². The minimum absolute atomic E-state index is 0.174. The molecule has 0 heterocycles. The molecule has 17 heavy (non-hydrogen) atoms. The molecule has 1 aliphatic rings. The van der Waals surface area contributed by atoms with E-state index in [1.54, 1.807) is 0 Å². The van der Waals surface area contributed by atoms with E-state index in [1.165, 1.54) is 57.8 Å². The Hall–Kier alpha value is -0.570. The molecule has 0 radical (unpaired) electrons. The van der Waals surface area contributed by atoms with E-state index in [2.05, 4.69) is 17.6 Å². The second-order valence-corrected chi connectivity index (χ2v) is 5.14. The number of amides is 1. The quantitative estimate of drug-likeness (QED) is 0.530. The predicted octanol–water partition coefficient (Wildman–Crippen LogP) is 2.61. The number of unbranched alkanes of at least 4 members (excludes halogenated alkanes) is 2. The lowest BCUT2D eigenvalue weighted by Gasteiger charge is -2.16. The zero-order valence-electron chi connectivity index (χ0n) is 11.3. The highest BCUT2D eigenvalue weighted by molar-refractivity contribution is 5.78. The summed E-state index contributed by atoms with van der Waals surface area (Å²) in [5.74, 6) is 0.174. The molecule has 0 bridgehead atoms. The third-order valence-electron chi connectivity index (χ3n) is 3.46. The van der Waals surface area contributed by atoms with E-state index in [-0.39, 0.29) is 5.91 Å². The zero-order valence-corrected chi connectivity index (χ0v) is 11.3. The van der Waals surface area contributed by atoms with Crippen molar-refractivity contribution in [3.8, 4) is 0 Å². The third kappa shape index (κ3) is 7.37. The Kier molecular flexibility index (Phi) is 8.06. The fourth-order valence-electron chi connectivity index (χ4n) is 2.40. The third-order valence-corrected chi connectivity index (χ3v) is 3.46. The Labute approximate surface area is 106 Å². The monoisotopic (exact) mass is 240 g/mol. The molecule has 1 saturated carbocycles. The summed E-state index contributed by atoms with van der Waals surface area (Å²) in [6, 6.07) is 0.433. The van der Waals surface area contributed by atoms with Gasteiger partial charge in [-0.25, -0.2) is 0 Å². The Morgan fingerprint density at radius 2 is 1.82 bits per heavy atom. The van der Waals surface area contributed by atoms with E-state index in [4.69, 9.17) is 0 Å². The van der Waals surface area contributed by atoms with Gasteiger partial charge in [-0.1, -0.05) is 45.4 Å². The molecule has 0 aromatic carbocycles. The van der Waals surface area contributed by atoms with Gasteiger partial charge in [0.1, 0.15) is 0 Å². The lowest BCUT2D eigenvalue weighted by Crippen LogP contribution is -2.40. The van der Waals surface area contributed by atoms with Crippen LogP contribution in [0.2, 0.25) is 0 Å². The molecule has 0 spiro atoms. The standard InChI is InChI=1S/C14H28N2O/c1-2-3-8-11-15-12-14(17)16-13-9-6-4-5-7-10-13/h13,15H,2-12H2,1H3,(H,16,17). The number of hydrogen-bond acceptors (Lipinski definition) is 2. The van der Waals surface area contributed by atoms with Gasteiger partial charge in [0, 0.05) is 6.04 Å². The normalized spacial score (nSPS) is 17.7. The molecule has 3 heteroatoms. The van der Waals surface area contributed by atoms with Crippen molar-refractivity contribution in [1.29, 1.82) is 0 Å². The first kappa shape index (κ1) is 14.5. The molecule has 0 aromatic rings. The number of carbonyl (C=O) groups is 1. The maximum atomic E-state index is 11.7. The Morgan fingerprint density at radius 1 is 1.12 bits per heavy atom. The van der Waals surface area contributed by atoms with Gasteiger partial charge in [0.05, 0.1) is 6.54 Å². The first-order valence-corrected chi connectivity index (χ1v) is 7.33. The van der Waals surface area contributed by atoms with Crippen molar-refractivity contribution >= 4 is 5.91 Å².